The van der Waals surface area contributed by atoms with Gasteiger partial charge in [0.05, 0.1) is 0 Å². The van der Waals surface area contributed by atoms with Gasteiger partial charge in [-0.15, -0.1) is 0 Å². The maximum Gasteiger partial charge on any atom is 0.244 e. The molecule has 0 aliphatic heterocycles. The summed E-state index contributed by atoms with van der Waals surface area (Å²) in [6, 6.07) is 7.47. The van der Waals surface area contributed by atoms with Crippen LogP contribution in [0.5, 0.6) is 0 Å². The van der Waals surface area contributed by atoms with Crippen molar-refractivity contribution in [2.45, 2.75) is 13.5 Å². The predicted molar refractivity (Wildman–Crippen MR) is 69.7 cm³/mol. The molecule has 0 spiro atoms. The van der Waals surface area contributed by atoms with Gasteiger partial charge in [-0.2, -0.15) is 0 Å². The SMILES string of the molecule is Cc1nccn1CC(=O)Nc1ccc(Br)cc1. The van der Waals surface area contributed by atoms with Gasteiger partial charge in [0.25, 0.3) is 0 Å². The highest BCUT2D eigenvalue weighted by atomic mass is 79.9. The molecule has 1 aromatic carbocycles. The van der Waals surface area contributed by atoms with Crippen molar-refractivity contribution in [3.63, 3.8) is 0 Å². The summed E-state index contributed by atoms with van der Waals surface area (Å²) in [6.45, 7) is 2.15. The highest BCUT2D eigenvalue weighted by Gasteiger charge is 2.05. The highest BCUT2D eigenvalue weighted by molar-refractivity contribution is 9.10. The summed E-state index contributed by atoms with van der Waals surface area (Å²) in [6.07, 6.45) is 3.47. The van der Waals surface area contributed by atoms with Crippen LogP contribution in [0.2, 0.25) is 0 Å². The van der Waals surface area contributed by atoms with Crippen LogP contribution in [0.25, 0.3) is 0 Å². The van der Waals surface area contributed by atoms with Gasteiger partial charge in [-0.05, 0) is 31.2 Å². The van der Waals surface area contributed by atoms with E-state index < -0.39 is 0 Å². The van der Waals surface area contributed by atoms with Gasteiger partial charge in [-0.1, -0.05) is 15.9 Å². The Morgan fingerprint density at radius 2 is 2.12 bits per heavy atom. The molecular weight excluding hydrogens is 282 g/mol. The second-order valence-corrected chi connectivity index (χ2v) is 4.57. The summed E-state index contributed by atoms with van der Waals surface area (Å²) in [5, 5.41) is 2.83. The van der Waals surface area contributed by atoms with E-state index in [2.05, 4.69) is 26.2 Å². The van der Waals surface area contributed by atoms with Crippen molar-refractivity contribution in [3.8, 4) is 0 Å². The molecule has 0 saturated carbocycles. The number of hydrogen-bond acceptors (Lipinski definition) is 2. The van der Waals surface area contributed by atoms with Gasteiger partial charge in [0.2, 0.25) is 5.91 Å². The van der Waals surface area contributed by atoms with Crippen molar-refractivity contribution >= 4 is 27.5 Å². The number of anilines is 1. The number of hydrogen-bond donors (Lipinski definition) is 1. The number of imidazole rings is 1. The van der Waals surface area contributed by atoms with Crippen LogP contribution in [0.3, 0.4) is 0 Å². The number of benzene rings is 1. The number of nitrogens with zero attached hydrogens (tertiary/aromatic N) is 2. The molecule has 0 unspecified atom stereocenters. The second-order valence-electron chi connectivity index (χ2n) is 3.66. The van der Waals surface area contributed by atoms with Crippen LogP contribution in [-0.2, 0) is 11.3 Å². The van der Waals surface area contributed by atoms with Crippen LogP contribution in [-0.4, -0.2) is 15.5 Å². The normalized spacial score (nSPS) is 10.2. The van der Waals surface area contributed by atoms with E-state index in [1.54, 1.807) is 17.0 Å². The lowest BCUT2D eigenvalue weighted by Crippen LogP contribution is -2.18. The molecule has 2 rings (SSSR count). The topological polar surface area (TPSA) is 46.9 Å². The number of aryl methyl sites for hydroxylation is 1. The van der Waals surface area contributed by atoms with E-state index >= 15 is 0 Å². The van der Waals surface area contributed by atoms with E-state index in [-0.39, 0.29) is 12.5 Å². The Morgan fingerprint density at radius 3 is 2.71 bits per heavy atom. The number of carbonyl (C=O) groups excluding carboxylic acids is 1. The highest BCUT2D eigenvalue weighted by Crippen LogP contribution is 2.14. The molecule has 2 aromatic rings. The van der Waals surface area contributed by atoms with E-state index in [9.17, 15) is 4.79 Å². The first kappa shape index (κ1) is 11.9. The zero-order valence-electron chi connectivity index (χ0n) is 9.35. The van der Waals surface area contributed by atoms with Gasteiger partial charge in [0.15, 0.2) is 0 Å². The quantitative estimate of drug-likeness (QED) is 0.945. The monoisotopic (exact) mass is 293 g/mol. The van der Waals surface area contributed by atoms with Crippen LogP contribution < -0.4 is 5.32 Å². The fraction of sp³-hybridized carbons (Fsp3) is 0.167. The molecule has 1 heterocycles. The lowest BCUT2D eigenvalue weighted by Gasteiger charge is -2.07. The summed E-state index contributed by atoms with van der Waals surface area (Å²) < 4.78 is 2.79. The molecule has 1 N–H and O–H groups in total. The largest absolute Gasteiger partial charge is 0.326 e. The molecule has 0 atom stereocenters. The lowest BCUT2D eigenvalue weighted by atomic mass is 10.3. The maximum absolute atomic E-state index is 11.7. The first-order chi connectivity index (χ1) is 8.15. The minimum atomic E-state index is -0.0616. The van der Waals surface area contributed by atoms with Gasteiger partial charge in [0, 0.05) is 22.6 Å². The predicted octanol–water partition coefficient (Wildman–Crippen LogP) is 2.59. The Labute approximate surface area is 108 Å². The number of nitrogens with one attached hydrogen (secondary N) is 1. The number of aromatic nitrogens is 2. The summed E-state index contributed by atoms with van der Waals surface area (Å²) in [4.78, 5) is 15.8. The zero-order valence-corrected chi connectivity index (χ0v) is 10.9. The smallest absolute Gasteiger partial charge is 0.244 e. The molecule has 0 fully saturated rings. The molecule has 1 amide bonds. The molecule has 1 aromatic heterocycles. The Kier molecular flexibility index (Phi) is 3.58. The Morgan fingerprint density at radius 1 is 1.41 bits per heavy atom. The van der Waals surface area contributed by atoms with E-state index in [1.165, 1.54) is 0 Å². The molecule has 17 heavy (non-hydrogen) atoms. The molecule has 88 valence electrons. The summed E-state index contributed by atoms with van der Waals surface area (Å²) >= 11 is 3.34. The standard InChI is InChI=1S/C12H12BrN3O/c1-9-14-6-7-16(9)8-12(17)15-11-4-2-10(13)3-5-11/h2-7H,8H2,1H3,(H,15,17). The summed E-state index contributed by atoms with van der Waals surface area (Å²) in [5.41, 5.74) is 0.788. The molecule has 0 bridgehead atoms. The van der Waals surface area contributed by atoms with E-state index in [0.29, 0.717) is 0 Å². The first-order valence-corrected chi connectivity index (χ1v) is 5.97. The van der Waals surface area contributed by atoms with Crippen molar-refractivity contribution < 1.29 is 4.79 Å². The Bertz CT molecular complexity index is 519. The number of amides is 1. The van der Waals surface area contributed by atoms with Gasteiger partial charge < -0.3 is 9.88 Å². The van der Waals surface area contributed by atoms with Crippen molar-refractivity contribution in [3.05, 3.63) is 47.0 Å². The Balaban J connectivity index is 1.98. The molecule has 0 saturated heterocycles. The van der Waals surface area contributed by atoms with Gasteiger partial charge in [0.1, 0.15) is 12.4 Å². The third-order valence-corrected chi connectivity index (χ3v) is 2.89. The maximum atomic E-state index is 11.7. The zero-order chi connectivity index (χ0) is 12.3. The molecule has 0 aliphatic rings. The van der Waals surface area contributed by atoms with Gasteiger partial charge in [-0.3, -0.25) is 4.79 Å². The average molecular weight is 294 g/mol. The number of carbonyl (C=O) groups is 1. The van der Waals surface area contributed by atoms with Crippen LogP contribution in [0.4, 0.5) is 5.69 Å². The molecular formula is C12H12BrN3O. The minimum absolute atomic E-state index is 0.0616. The van der Waals surface area contributed by atoms with Crippen LogP contribution in [0.15, 0.2) is 41.1 Å². The molecule has 4 nitrogen and oxygen atoms in total. The van der Waals surface area contributed by atoms with Gasteiger partial charge in [-0.25, -0.2) is 4.98 Å². The summed E-state index contributed by atoms with van der Waals surface area (Å²) in [7, 11) is 0. The van der Waals surface area contributed by atoms with Crippen molar-refractivity contribution in [1.82, 2.24) is 9.55 Å². The molecule has 0 radical (unpaired) electrons. The number of rotatable bonds is 3. The fourth-order valence-corrected chi connectivity index (χ4v) is 1.72. The number of halogens is 1. The third-order valence-electron chi connectivity index (χ3n) is 2.37. The molecule has 5 heteroatoms. The Hall–Kier alpha value is -1.62. The van der Waals surface area contributed by atoms with Crippen LogP contribution >= 0.6 is 15.9 Å². The summed E-state index contributed by atoms with van der Waals surface area (Å²) in [5.74, 6) is 0.768. The lowest BCUT2D eigenvalue weighted by molar-refractivity contribution is -0.116. The van der Waals surface area contributed by atoms with Crippen LogP contribution in [0.1, 0.15) is 5.82 Å². The second kappa shape index (κ2) is 5.14. The van der Waals surface area contributed by atoms with Gasteiger partial charge >= 0.3 is 0 Å². The van der Waals surface area contributed by atoms with Crippen molar-refractivity contribution in [2.24, 2.45) is 0 Å². The van der Waals surface area contributed by atoms with E-state index in [1.807, 2.05) is 31.2 Å². The van der Waals surface area contributed by atoms with Crippen molar-refractivity contribution in [2.75, 3.05) is 5.32 Å². The third kappa shape index (κ3) is 3.17. The average Bonchev–Trinajstić information content (AvgIpc) is 2.68. The van der Waals surface area contributed by atoms with Crippen LogP contribution in [0, 0.1) is 6.92 Å². The first-order valence-electron chi connectivity index (χ1n) is 5.18. The fourth-order valence-electron chi connectivity index (χ4n) is 1.46. The van der Waals surface area contributed by atoms with Crippen molar-refractivity contribution in [1.29, 1.82) is 0 Å². The minimum Gasteiger partial charge on any atom is -0.326 e. The van der Waals surface area contributed by atoms with E-state index in [0.717, 1.165) is 16.0 Å². The van der Waals surface area contributed by atoms with E-state index in [4.69, 9.17) is 0 Å². The molecule has 0 aliphatic carbocycles.